The maximum atomic E-state index is 11.2. The quantitative estimate of drug-likeness (QED) is 0.492. The molecule has 32 heavy (non-hydrogen) atoms. The van der Waals surface area contributed by atoms with Crippen molar-refractivity contribution in [2.24, 2.45) is 0 Å². The van der Waals surface area contributed by atoms with Gasteiger partial charge in [0.1, 0.15) is 17.3 Å². The third-order valence-electron chi connectivity index (χ3n) is 5.47. The van der Waals surface area contributed by atoms with E-state index >= 15 is 0 Å². The SMILES string of the molecule is CC(=O)Nc1cc(Oc2ccn3nc(Nc4cc5n(n4)CCCC5(C)C)nc3c2)ccn1. The number of nitrogens with zero attached hydrogens (tertiary/aromatic N) is 6. The molecule has 0 spiro atoms. The summed E-state index contributed by atoms with van der Waals surface area (Å²) in [4.78, 5) is 19.9. The van der Waals surface area contributed by atoms with Gasteiger partial charge in [-0.3, -0.25) is 9.48 Å². The number of pyridine rings is 2. The van der Waals surface area contributed by atoms with Crippen molar-refractivity contribution in [2.45, 2.75) is 45.6 Å². The molecular formula is C22H24N8O2. The second-order valence-corrected chi connectivity index (χ2v) is 8.51. The van der Waals surface area contributed by atoms with E-state index in [-0.39, 0.29) is 11.3 Å². The van der Waals surface area contributed by atoms with E-state index in [1.165, 1.54) is 12.6 Å². The lowest BCUT2D eigenvalue weighted by Crippen LogP contribution is -2.27. The Morgan fingerprint density at radius 3 is 2.78 bits per heavy atom. The number of ether oxygens (including phenoxy) is 1. The molecule has 1 amide bonds. The van der Waals surface area contributed by atoms with Gasteiger partial charge < -0.3 is 15.4 Å². The molecule has 0 saturated carbocycles. The number of anilines is 3. The minimum atomic E-state index is -0.193. The Labute approximate surface area is 184 Å². The number of amides is 1. The van der Waals surface area contributed by atoms with Crippen molar-refractivity contribution in [1.29, 1.82) is 0 Å². The zero-order chi connectivity index (χ0) is 22.3. The number of carbonyl (C=O) groups is 1. The average Bonchev–Trinajstić information content (AvgIpc) is 3.31. The normalized spacial score (nSPS) is 14.7. The van der Waals surface area contributed by atoms with E-state index in [2.05, 4.69) is 55.4 Å². The number of hydrogen-bond acceptors (Lipinski definition) is 7. The summed E-state index contributed by atoms with van der Waals surface area (Å²) < 4.78 is 9.64. The third kappa shape index (κ3) is 3.98. The predicted octanol–water partition coefficient (Wildman–Crippen LogP) is 3.89. The highest BCUT2D eigenvalue weighted by atomic mass is 16.5. The lowest BCUT2D eigenvalue weighted by atomic mass is 9.82. The molecule has 0 radical (unpaired) electrons. The van der Waals surface area contributed by atoms with E-state index in [0.717, 1.165) is 25.2 Å². The van der Waals surface area contributed by atoms with Gasteiger partial charge in [-0.1, -0.05) is 13.8 Å². The molecular weight excluding hydrogens is 408 g/mol. The van der Waals surface area contributed by atoms with Crippen LogP contribution in [0.25, 0.3) is 5.65 Å². The molecule has 5 rings (SSSR count). The molecule has 0 aliphatic carbocycles. The molecule has 164 valence electrons. The molecule has 0 aromatic carbocycles. The number of fused-ring (bicyclic) bond motifs is 2. The summed E-state index contributed by atoms with van der Waals surface area (Å²) in [5, 5.41) is 15.0. The first-order valence-corrected chi connectivity index (χ1v) is 10.5. The number of rotatable bonds is 5. The van der Waals surface area contributed by atoms with Crippen LogP contribution in [0.4, 0.5) is 17.6 Å². The summed E-state index contributed by atoms with van der Waals surface area (Å²) in [5.74, 6) is 2.59. The topological polar surface area (TPSA) is 111 Å². The number of aryl methyl sites for hydroxylation is 1. The van der Waals surface area contributed by atoms with E-state index in [1.54, 1.807) is 41.2 Å². The summed E-state index contributed by atoms with van der Waals surface area (Å²) in [6.07, 6.45) is 5.63. The van der Waals surface area contributed by atoms with Crippen LogP contribution in [0.3, 0.4) is 0 Å². The largest absolute Gasteiger partial charge is 0.457 e. The molecule has 1 aliphatic heterocycles. The van der Waals surface area contributed by atoms with E-state index in [4.69, 9.17) is 4.74 Å². The van der Waals surface area contributed by atoms with Gasteiger partial charge in [-0.2, -0.15) is 10.1 Å². The Hall–Kier alpha value is -3.95. The van der Waals surface area contributed by atoms with Crippen LogP contribution in [0.15, 0.2) is 42.7 Å². The van der Waals surface area contributed by atoms with Crippen LogP contribution < -0.4 is 15.4 Å². The van der Waals surface area contributed by atoms with Crippen molar-refractivity contribution in [3.8, 4) is 11.5 Å². The highest BCUT2D eigenvalue weighted by Gasteiger charge is 2.29. The van der Waals surface area contributed by atoms with Crippen LogP contribution in [-0.2, 0) is 16.8 Å². The first kappa shape index (κ1) is 20.0. The van der Waals surface area contributed by atoms with Crippen molar-refractivity contribution in [3.05, 3.63) is 48.4 Å². The molecule has 0 fully saturated rings. The summed E-state index contributed by atoms with van der Waals surface area (Å²) in [5.41, 5.74) is 1.96. The first-order chi connectivity index (χ1) is 15.4. The summed E-state index contributed by atoms with van der Waals surface area (Å²) in [7, 11) is 0. The third-order valence-corrected chi connectivity index (χ3v) is 5.47. The van der Waals surface area contributed by atoms with Gasteiger partial charge in [0, 0.05) is 55.2 Å². The average molecular weight is 432 g/mol. The van der Waals surface area contributed by atoms with Gasteiger partial charge >= 0.3 is 0 Å². The summed E-state index contributed by atoms with van der Waals surface area (Å²) in [6, 6.07) is 9.04. The molecule has 2 N–H and O–H groups in total. The number of aromatic nitrogens is 6. The fourth-order valence-corrected chi connectivity index (χ4v) is 3.95. The predicted molar refractivity (Wildman–Crippen MR) is 119 cm³/mol. The van der Waals surface area contributed by atoms with Crippen molar-refractivity contribution in [1.82, 2.24) is 29.4 Å². The van der Waals surface area contributed by atoms with Crippen LogP contribution in [0, 0.1) is 0 Å². The highest BCUT2D eigenvalue weighted by Crippen LogP contribution is 2.34. The molecule has 0 unspecified atom stereocenters. The fourth-order valence-electron chi connectivity index (χ4n) is 3.95. The molecule has 0 saturated heterocycles. The van der Waals surface area contributed by atoms with Gasteiger partial charge in [0.2, 0.25) is 11.9 Å². The molecule has 0 bridgehead atoms. The van der Waals surface area contributed by atoms with Gasteiger partial charge in [0.05, 0.1) is 0 Å². The second kappa shape index (κ2) is 7.63. The molecule has 5 heterocycles. The van der Waals surface area contributed by atoms with Crippen molar-refractivity contribution < 1.29 is 9.53 Å². The lowest BCUT2D eigenvalue weighted by Gasteiger charge is -2.30. The van der Waals surface area contributed by atoms with E-state index in [9.17, 15) is 4.79 Å². The minimum Gasteiger partial charge on any atom is -0.457 e. The number of carbonyl (C=O) groups excluding carboxylic acids is 1. The van der Waals surface area contributed by atoms with E-state index < -0.39 is 0 Å². The second-order valence-electron chi connectivity index (χ2n) is 8.51. The van der Waals surface area contributed by atoms with E-state index in [0.29, 0.717) is 28.9 Å². The first-order valence-electron chi connectivity index (χ1n) is 10.5. The van der Waals surface area contributed by atoms with Crippen LogP contribution in [0.2, 0.25) is 0 Å². The van der Waals surface area contributed by atoms with Crippen molar-refractivity contribution in [2.75, 3.05) is 10.6 Å². The van der Waals surface area contributed by atoms with Crippen LogP contribution in [0.1, 0.15) is 39.3 Å². The van der Waals surface area contributed by atoms with Gasteiger partial charge in [0.25, 0.3) is 0 Å². The Kier molecular flexibility index (Phi) is 4.76. The molecule has 0 atom stereocenters. The Bertz CT molecular complexity index is 1310. The molecule has 1 aliphatic rings. The molecule has 4 aromatic heterocycles. The van der Waals surface area contributed by atoms with Gasteiger partial charge in [-0.25, -0.2) is 9.50 Å². The van der Waals surface area contributed by atoms with Gasteiger partial charge in [-0.05, 0) is 25.0 Å². The Balaban J connectivity index is 1.35. The summed E-state index contributed by atoms with van der Waals surface area (Å²) in [6.45, 7) is 6.85. The molecule has 10 nitrogen and oxygen atoms in total. The summed E-state index contributed by atoms with van der Waals surface area (Å²) >= 11 is 0. The van der Waals surface area contributed by atoms with E-state index in [1.807, 2.05) is 0 Å². The highest BCUT2D eigenvalue weighted by molar-refractivity contribution is 5.87. The maximum absolute atomic E-state index is 11.2. The standard InChI is InChI=1S/C22H24N8O2/c1-14(31)24-18-11-15(5-8-23-18)32-16-6-10-30-20(12-16)26-21(28-30)25-19-13-17-22(2,3)7-4-9-29(17)27-19/h5-6,8,10-13H,4,7,9H2,1-3H3,(H,23,24,31)(H,25,27,28). The van der Waals surface area contributed by atoms with Gasteiger partial charge in [0.15, 0.2) is 11.5 Å². The zero-order valence-electron chi connectivity index (χ0n) is 18.2. The number of nitrogens with one attached hydrogen (secondary N) is 2. The Morgan fingerprint density at radius 2 is 1.97 bits per heavy atom. The molecule has 10 heteroatoms. The van der Waals surface area contributed by atoms with Gasteiger partial charge in [-0.15, -0.1) is 5.10 Å². The van der Waals surface area contributed by atoms with Crippen molar-refractivity contribution >= 4 is 29.1 Å². The smallest absolute Gasteiger partial charge is 0.248 e. The van der Waals surface area contributed by atoms with Crippen LogP contribution in [0.5, 0.6) is 11.5 Å². The zero-order valence-corrected chi connectivity index (χ0v) is 18.2. The lowest BCUT2D eigenvalue weighted by molar-refractivity contribution is -0.114. The van der Waals surface area contributed by atoms with Crippen LogP contribution >= 0.6 is 0 Å². The minimum absolute atomic E-state index is 0.108. The van der Waals surface area contributed by atoms with Crippen LogP contribution in [-0.4, -0.2) is 35.3 Å². The monoisotopic (exact) mass is 432 g/mol. The fraction of sp³-hybridized carbons (Fsp3) is 0.318. The van der Waals surface area contributed by atoms with Crippen molar-refractivity contribution in [3.63, 3.8) is 0 Å². The Morgan fingerprint density at radius 1 is 1.12 bits per heavy atom. The maximum Gasteiger partial charge on any atom is 0.248 e. The number of hydrogen-bond donors (Lipinski definition) is 2. The molecule has 4 aromatic rings.